The Morgan fingerprint density at radius 3 is 1.69 bits per heavy atom. The fourth-order valence-electron chi connectivity index (χ4n) is 3.92. The number of rotatable bonds is 8. The molecule has 8 nitrogen and oxygen atoms in total. The molecule has 0 atom stereocenters. The van der Waals surface area contributed by atoms with Gasteiger partial charge in [0.15, 0.2) is 0 Å². The standard InChI is InChI=1S/C31H33N3O5/c1-31(2,3)39-30(35)34(20-21-7-13-24(36-4)14-8-21)28-19-27(22-9-15-25(37-5)16-10-22)32-33-29(28)23-11-17-26(38-6)18-12-23/h7-19H,20H2,1-6H3. The molecular formula is C31H33N3O5. The third-order valence-electron chi connectivity index (χ3n) is 5.93. The lowest BCUT2D eigenvalue weighted by Gasteiger charge is -2.29. The SMILES string of the molecule is COc1ccc(CN(C(=O)OC(C)(C)C)c2cc(-c3ccc(OC)cc3)nnc2-c2ccc(OC)cc2)cc1. The summed E-state index contributed by atoms with van der Waals surface area (Å²) in [4.78, 5) is 15.3. The zero-order chi connectivity index (χ0) is 28.0. The van der Waals surface area contributed by atoms with E-state index in [-0.39, 0.29) is 6.54 Å². The molecule has 0 N–H and O–H groups in total. The Kier molecular flexibility index (Phi) is 8.34. The maximum Gasteiger partial charge on any atom is 0.415 e. The van der Waals surface area contributed by atoms with E-state index in [2.05, 4.69) is 10.2 Å². The van der Waals surface area contributed by atoms with E-state index in [1.54, 1.807) is 26.2 Å². The number of carbonyl (C=O) groups excluding carboxylic acids is 1. The third kappa shape index (κ3) is 6.84. The molecule has 0 saturated heterocycles. The minimum absolute atomic E-state index is 0.246. The van der Waals surface area contributed by atoms with E-state index < -0.39 is 11.7 Å². The third-order valence-corrected chi connectivity index (χ3v) is 5.93. The van der Waals surface area contributed by atoms with E-state index in [0.717, 1.165) is 28.2 Å². The maximum absolute atomic E-state index is 13.7. The predicted molar refractivity (Wildman–Crippen MR) is 151 cm³/mol. The summed E-state index contributed by atoms with van der Waals surface area (Å²) in [5.41, 5.74) is 3.51. The molecule has 4 rings (SSSR count). The number of aromatic nitrogens is 2. The summed E-state index contributed by atoms with van der Waals surface area (Å²) in [5, 5.41) is 9.11. The molecule has 0 bridgehead atoms. The molecule has 39 heavy (non-hydrogen) atoms. The average Bonchev–Trinajstić information content (AvgIpc) is 2.95. The molecule has 1 heterocycles. The van der Waals surface area contributed by atoms with Gasteiger partial charge in [0, 0.05) is 11.1 Å². The molecule has 0 saturated carbocycles. The van der Waals surface area contributed by atoms with Crippen molar-refractivity contribution in [2.45, 2.75) is 32.9 Å². The van der Waals surface area contributed by atoms with Crippen LogP contribution < -0.4 is 19.1 Å². The second-order valence-electron chi connectivity index (χ2n) is 9.83. The van der Waals surface area contributed by atoms with Gasteiger partial charge in [0.25, 0.3) is 0 Å². The highest BCUT2D eigenvalue weighted by molar-refractivity contribution is 5.93. The Morgan fingerprint density at radius 1 is 0.718 bits per heavy atom. The van der Waals surface area contributed by atoms with E-state index in [9.17, 15) is 4.79 Å². The highest BCUT2D eigenvalue weighted by atomic mass is 16.6. The highest BCUT2D eigenvalue weighted by Crippen LogP contribution is 2.35. The topological polar surface area (TPSA) is 83.0 Å². The monoisotopic (exact) mass is 527 g/mol. The van der Waals surface area contributed by atoms with Gasteiger partial charge >= 0.3 is 6.09 Å². The Balaban J connectivity index is 1.86. The summed E-state index contributed by atoms with van der Waals surface area (Å²) in [6.45, 7) is 5.77. The molecule has 0 aliphatic carbocycles. The lowest BCUT2D eigenvalue weighted by Crippen LogP contribution is -2.37. The largest absolute Gasteiger partial charge is 0.497 e. The van der Waals surface area contributed by atoms with Crippen molar-refractivity contribution in [1.82, 2.24) is 10.2 Å². The number of carbonyl (C=O) groups is 1. The van der Waals surface area contributed by atoms with Gasteiger partial charge in [0.1, 0.15) is 28.5 Å². The zero-order valence-electron chi connectivity index (χ0n) is 23.1. The molecule has 1 aromatic heterocycles. The van der Waals surface area contributed by atoms with Crippen LogP contribution in [0.2, 0.25) is 0 Å². The molecule has 0 radical (unpaired) electrons. The van der Waals surface area contributed by atoms with Gasteiger partial charge in [-0.15, -0.1) is 10.2 Å². The summed E-state index contributed by atoms with van der Waals surface area (Å²) in [6, 6.07) is 24.4. The summed E-state index contributed by atoms with van der Waals surface area (Å²) in [6.07, 6.45) is -0.498. The maximum atomic E-state index is 13.7. The number of hydrogen-bond acceptors (Lipinski definition) is 7. The Hall–Kier alpha value is -4.59. The van der Waals surface area contributed by atoms with Crippen LogP contribution in [0.5, 0.6) is 17.2 Å². The van der Waals surface area contributed by atoms with Crippen LogP contribution in [0.3, 0.4) is 0 Å². The summed E-state index contributed by atoms with van der Waals surface area (Å²) >= 11 is 0. The van der Waals surface area contributed by atoms with E-state index in [1.165, 1.54) is 0 Å². The average molecular weight is 528 g/mol. The van der Waals surface area contributed by atoms with Crippen LogP contribution in [-0.2, 0) is 11.3 Å². The normalized spacial score (nSPS) is 11.0. The van der Waals surface area contributed by atoms with Crippen molar-refractivity contribution in [3.63, 3.8) is 0 Å². The van der Waals surface area contributed by atoms with Crippen molar-refractivity contribution in [3.05, 3.63) is 84.4 Å². The van der Waals surface area contributed by atoms with Crippen LogP contribution in [-0.4, -0.2) is 43.2 Å². The lowest BCUT2D eigenvalue weighted by atomic mass is 10.1. The summed E-state index contributed by atoms with van der Waals surface area (Å²) in [5.74, 6) is 2.18. The van der Waals surface area contributed by atoms with Gasteiger partial charge in [-0.1, -0.05) is 12.1 Å². The van der Waals surface area contributed by atoms with Crippen LogP contribution in [0, 0.1) is 0 Å². The van der Waals surface area contributed by atoms with Crippen LogP contribution in [0.25, 0.3) is 22.5 Å². The number of benzene rings is 3. The van der Waals surface area contributed by atoms with Crippen molar-refractivity contribution in [2.75, 3.05) is 26.2 Å². The first kappa shape index (κ1) is 27.4. The van der Waals surface area contributed by atoms with Crippen LogP contribution >= 0.6 is 0 Å². The molecule has 0 fully saturated rings. The first-order valence-electron chi connectivity index (χ1n) is 12.5. The number of methoxy groups -OCH3 is 3. The van der Waals surface area contributed by atoms with Crippen molar-refractivity contribution in [3.8, 4) is 39.8 Å². The van der Waals surface area contributed by atoms with E-state index in [0.29, 0.717) is 22.8 Å². The second-order valence-corrected chi connectivity index (χ2v) is 9.83. The minimum Gasteiger partial charge on any atom is -0.497 e. The van der Waals surface area contributed by atoms with E-state index in [4.69, 9.17) is 18.9 Å². The first-order chi connectivity index (χ1) is 18.7. The van der Waals surface area contributed by atoms with Gasteiger partial charge in [-0.05, 0) is 93.1 Å². The van der Waals surface area contributed by atoms with Crippen molar-refractivity contribution < 1.29 is 23.7 Å². The van der Waals surface area contributed by atoms with Gasteiger partial charge in [-0.2, -0.15) is 0 Å². The summed E-state index contributed by atoms with van der Waals surface area (Å²) < 4.78 is 21.8. The number of amides is 1. The Bertz CT molecular complexity index is 1400. The Labute approximate surface area is 229 Å². The van der Waals surface area contributed by atoms with E-state index >= 15 is 0 Å². The molecule has 0 aliphatic rings. The molecule has 3 aromatic carbocycles. The minimum atomic E-state index is -0.700. The smallest absolute Gasteiger partial charge is 0.415 e. The van der Waals surface area contributed by atoms with Crippen molar-refractivity contribution >= 4 is 11.8 Å². The number of anilines is 1. The second kappa shape index (κ2) is 11.9. The predicted octanol–water partition coefficient (Wildman–Crippen LogP) is 6.78. The van der Waals surface area contributed by atoms with Crippen LogP contribution in [0.4, 0.5) is 10.5 Å². The molecule has 8 heteroatoms. The number of nitrogens with zero attached hydrogens (tertiary/aromatic N) is 3. The summed E-state index contributed by atoms with van der Waals surface area (Å²) in [7, 11) is 4.85. The van der Waals surface area contributed by atoms with Gasteiger partial charge in [0.05, 0.1) is 39.3 Å². The quantitative estimate of drug-likeness (QED) is 0.250. The van der Waals surface area contributed by atoms with Crippen molar-refractivity contribution in [2.24, 2.45) is 0 Å². The molecule has 1 amide bonds. The number of ether oxygens (including phenoxy) is 4. The van der Waals surface area contributed by atoms with Crippen LogP contribution in [0.15, 0.2) is 78.9 Å². The van der Waals surface area contributed by atoms with Gasteiger partial charge in [-0.25, -0.2) is 4.79 Å². The fraction of sp³-hybridized carbons (Fsp3) is 0.258. The molecular weight excluding hydrogens is 494 g/mol. The molecule has 0 spiro atoms. The first-order valence-corrected chi connectivity index (χ1v) is 12.5. The zero-order valence-corrected chi connectivity index (χ0v) is 23.1. The molecule has 0 aliphatic heterocycles. The van der Waals surface area contributed by atoms with Gasteiger partial charge in [-0.3, -0.25) is 4.90 Å². The Morgan fingerprint density at radius 2 is 1.21 bits per heavy atom. The molecule has 4 aromatic rings. The van der Waals surface area contributed by atoms with Gasteiger partial charge in [0.2, 0.25) is 0 Å². The fourth-order valence-corrected chi connectivity index (χ4v) is 3.92. The molecule has 202 valence electrons. The highest BCUT2D eigenvalue weighted by Gasteiger charge is 2.27. The number of hydrogen-bond donors (Lipinski definition) is 0. The van der Waals surface area contributed by atoms with Gasteiger partial charge < -0.3 is 18.9 Å². The van der Waals surface area contributed by atoms with Crippen LogP contribution in [0.1, 0.15) is 26.3 Å². The lowest BCUT2D eigenvalue weighted by molar-refractivity contribution is 0.0577. The van der Waals surface area contributed by atoms with Crippen molar-refractivity contribution in [1.29, 1.82) is 0 Å². The molecule has 0 unspecified atom stereocenters. The van der Waals surface area contributed by atoms with E-state index in [1.807, 2.05) is 99.6 Å².